The van der Waals surface area contributed by atoms with Crippen LogP contribution >= 0.6 is 11.3 Å². The van der Waals surface area contributed by atoms with Crippen molar-refractivity contribution in [3.63, 3.8) is 0 Å². The molecule has 0 atom stereocenters. The molecule has 0 aliphatic rings. The average Bonchev–Trinajstić information content (AvgIpc) is 3.54. The second kappa shape index (κ2) is 7.98. The Labute approximate surface area is 182 Å². The standard InChI is InChI=1S/C23H20N4O3S/c1-29-9-8-27-19-5-3-16(23(28)30-2)12-17(19)26-22(27)18-13-24-21(25-18)15-4-6-20-14(11-15)7-10-31-20/h3-7,10-13H,8-9H2,1-2H3,(H,24,25). The van der Waals surface area contributed by atoms with Gasteiger partial charge in [-0.05, 0) is 53.2 Å². The summed E-state index contributed by atoms with van der Waals surface area (Å²) < 4.78 is 13.4. The van der Waals surface area contributed by atoms with Crippen LogP contribution in [0.3, 0.4) is 0 Å². The topological polar surface area (TPSA) is 82.0 Å². The van der Waals surface area contributed by atoms with Gasteiger partial charge in [0.05, 0.1) is 30.3 Å². The highest BCUT2D eigenvalue weighted by molar-refractivity contribution is 7.17. The number of nitrogens with zero attached hydrogens (tertiary/aromatic N) is 3. The van der Waals surface area contributed by atoms with Crippen LogP contribution in [0.15, 0.2) is 54.0 Å². The molecule has 2 aromatic carbocycles. The van der Waals surface area contributed by atoms with Crippen LogP contribution in [0.5, 0.6) is 0 Å². The van der Waals surface area contributed by atoms with E-state index >= 15 is 0 Å². The zero-order valence-corrected chi connectivity index (χ0v) is 17.9. The van der Waals surface area contributed by atoms with Gasteiger partial charge in [0.2, 0.25) is 0 Å². The van der Waals surface area contributed by atoms with Crippen molar-refractivity contribution in [3.05, 3.63) is 59.6 Å². The predicted octanol–water partition coefficient (Wildman–Crippen LogP) is 4.74. The Balaban J connectivity index is 1.59. The van der Waals surface area contributed by atoms with Crippen molar-refractivity contribution in [2.45, 2.75) is 6.54 Å². The molecule has 0 saturated heterocycles. The number of imidazole rings is 2. The largest absolute Gasteiger partial charge is 0.465 e. The maximum absolute atomic E-state index is 11.9. The van der Waals surface area contributed by atoms with Gasteiger partial charge in [0.1, 0.15) is 11.5 Å². The first kappa shape index (κ1) is 19.5. The number of ether oxygens (including phenoxy) is 2. The number of thiophene rings is 1. The van der Waals surface area contributed by atoms with E-state index in [4.69, 9.17) is 19.4 Å². The summed E-state index contributed by atoms with van der Waals surface area (Å²) in [4.78, 5) is 24.8. The van der Waals surface area contributed by atoms with Crippen LogP contribution in [0.2, 0.25) is 0 Å². The summed E-state index contributed by atoms with van der Waals surface area (Å²) in [5, 5.41) is 3.28. The summed E-state index contributed by atoms with van der Waals surface area (Å²) in [5.74, 6) is 1.11. The van der Waals surface area contributed by atoms with Crippen molar-refractivity contribution in [3.8, 4) is 22.9 Å². The van der Waals surface area contributed by atoms with Gasteiger partial charge in [0.15, 0.2) is 5.82 Å². The Kier molecular flexibility index (Phi) is 5.01. The van der Waals surface area contributed by atoms with E-state index in [-0.39, 0.29) is 5.97 Å². The molecule has 1 N–H and O–H groups in total. The summed E-state index contributed by atoms with van der Waals surface area (Å²) in [6.07, 6.45) is 1.86. The van der Waals surface area contributed by atoms with Crippen LogP contribution < -0.4 is 0 Å². The van der Waals surface area contributed by atoms with E-state index in [1.807, 2.05) is 12.3 Å². The second-order valence-electron chi connectivity index (χ2n) is 7.08. The van der Waals surface area contributed by atoms with E-state index in [1.54, 1.807) is 30.6 Å². The van der Waals surface area contributed by atoms with Gasteiger partial charge >= 0.3 is 5.97 Å². The zero-order chi connectivity index (χ0) is 21.4. The predicted molar refractivity (Wildman–Crippen MR) is 121 cm³/mol. The van der Waals surface area contributed by atoms with Crippen molar-refractivity contribution >= 4 is 38.4 Å². The van der Waals surface area contributed by atoms with E-state index in [0.29, 0.717) is 30.1 Å². The molecular weight excluding hydrogens is 412 g/mol. The molecule has 5 rings (SSSR count). The van der Waals surface area contributed by atoms with Gasteiger partial charge in [-0.15, -0.1) is 11.3 Å². The number of H-pyrrole nitrogens is 1. The van der Waals surface area contributed by atoms with Crippen LogP contribution in [0, 0.1) is 0 Å². The Morgan fingerprint density at radius 1 is 1.13 bits per heavy atom. The fraction of sp³-hybridized carbons (Fsp3) is 0.174. The highest BCUT2D eigenvalue weighted by atomic mass is 32.1. The Hall–Kier alpha value is -3.49. The lowest BCUT2D eigenvalue weighted by Crippen LogP contribution is -2.06. The summed E-state index contributed by atoms with van der Waals surface area (Å²) in [6, 6.07) is 13.8. The molecule has 0 aliphatic carbocycles. The number of nitrogens with one attached hydrogen (secondary N) is 1. The van der Waals surface area contributed by atoms with Crippen LogP contribution in [-0.4, -0.2) is 46.3 Å². The molecule has 5 aromatic rings. The molecule has 3 aromatic heterocycles. The summed E-state index contributed by atoms with van der Waals surface area (Å²) in [7, 11) is 3.04. The Morgan fingerprint density at radius 3 is 2.87 bits per heavy atom. The molecule has 7 nitrogen and oxygen atoms in total. The number of aromatic nitrogens is 4. The van der Waals surface area contributed by atoms with Gasteiger partial charge in [-0.2, -0.15) is 0 Å². The first-order valence-corrected chi connectivity index (χ1v) is 10.7. The minimum atomic E-state index is -0.388. The maximum Gasteiger partial charge on any atom is 0.337 e. The normalized spacial score (nSPS) is 11.4. The maximum atomic E-state index is 11.9. The molecule has 0 bridgehead atoms. The molecular formula is C23H20N4O3S. The van der Waals surface area contributed by atoms with Crippen LogP contribution in [0.1, 0.15) is 10.4 Å². The van der Waals surface area contributed by atoms with E-state index < -0.39 is 0 Å². The molecule has 0 spiro atoms. The first-order chi connectivity index (χ1) is 15.2. The first-order valence-electron chi connectivity index (χ1n) is 9.79. The number of aromatic amines is 1. The monoisotopic (exact) mass is 432 g/mol. The summed E-state index contributed by atoms with van der Waals surface area (Å²) >= 11 is 1.72. The van der Waals surface area contributed by atoms with Gasteiger partial charge in [-0.25, -0.2) is 14.8 Å². The van der Waals surface area contributed by atoms with Crippen LogP contribution in [0.4, 0.5) is 0 Å². The Morgan fingerprint density at radius 2 is 2.03 bits per heavy atom. The van der Waals surface area contributed by atoms with Gasteiger partial charge in [-0.3, -0.25) is 0 Å². The highest BCUT2D eigenvalue weighted by Gasteiger charge is 2.17. The number of hydrogen-bond donors (Lipinski definition) is 1. The lowest BCUT2D eigenvalue weighted by Gasteiger charge is -2.07. The fourth-order valence-corrected chi connectivity index (χ4v) is 4.45. The van der Waals surface area contributed by atoms with Gasteiger partial charge in [-0.1, -0.05) is 0 Å². The lowest BCUT2D eigenvalue weighted by molar-refractivity contribution is 0.0601. The number of benzene rings is 2. The molecule has 156 valence electrons. The fourth-order valence-electron chi connectivity index (χ4n) is 3.68. The number of methoxy groups -OCH3 is 2. The van der Waals surface area contributed by atoms with Gasteiger partial charge in [0.25, 0.3) is 0 Å². The van der Waals surface area contributed by atoms with Crippen molar-refractivity contribution in [2.24, 2.45) is 0 Å². The van der Waals surface area contributed by atoms with Crippen molar-refractivity contribution in [2.75, 3.05) is 20.8 Å². The zero-order valence-electron chi connectivity index (χ0n) is 17.1. The smallest absolute Gasteiger partial charge is 0.337 e. The average molecular weight is 433 g/mol. The molecule has 0 radical (unpaired) electrons. The SMILES string of the molecule is COCCn1c(-c2c[nH]c(-c3ccc4sccc4c3)n2)nc2cc(C(=O)OC)ccc21. The number of carbonyl (C=O) groups is 1. The number of hydrogen-bond acceptors (Lipinski definition) is 6. The minimum Gasteiger partial charge on any atom is -0.465 e. The van der Waals surface area contributed by atoms with Gasteiger partial charge < -0.3 is 19.0 Å². The molecule has 8 heteroatoms. The molecule has 3 heterocycles. The molecule has 0 amide bonds. The van der Waals surface area contributed by atoms with Crippen molar-refractivity contribution in [1.29, 1.82) is 0 Å². The van der Waals surface area contributed by atoms with E-state index in [2.05, 4.69) is 39.2 Å². The number of fused-ring (bicyclic) bond motifs is 2. The third-order valence-electron chi connectivity index (χ3n) is 5.22. The van der Waals surface area contributed by atoms with Crippen LogP contribution in [0.25, 0.3) is 44.0 Å². The molecule has 0 unspecified atom stereocenters. The quantitative estimate of drug-likeness (QED) is 0.392. The summed E-state index contributed by atoms with van der Waals surface area (Å²) in [6.45, 7) is 1.15. The van der Waals surface area contributed by atoms with Crippen LogP contribution in [-0.2, 0) is 16.0 Å². The third kappa shape index (κ3) is 3.49. The van der Waals surface area contributed by atoms with E-state index in [9.17, 15) is 4.79 Å². The molecule has 0 saturated carbocycles. The van der Waals surface area contributed by atoms with Crippen molar-refractivity contribution < 1.29 is 14.3 Å². The van der Waals surface area contributed by atoms with Gasteiger partial charge in [0, 0.05) is 30.1 Å². The Bertz CT molecular complexity index is 1400. The second-order valence-corrected chi connectivity index (χ2v) is 8.03. The lowest BCUT2D eigenvalue weighted by atomic mass is 10.1. The van der Waals surface area contributed by atoms with Crippen molar-refractivity contribution in [1.82, 2.24) is 19.5 Å². The molecule has 0 fully saturated rings. The highest BCUT2D eigenvalue weighted by Crippen LogP contribution is 2.29. The molecule has 31 heavy (non-hydrogen) atoms. The summed E-state index contributed by atoms with van der Waals surface area (Å²) in [5.41, 5.74) is 3.82. The minimum absolute atomic E-state index is 0.388. The van der Waals surface area contributed by atoms with E-state index in [1.165, 1.54) is 17.2 Å². The number of rotatable bonds is 6. The van der Waals surface area contributed by atoms with E-state index in [0.717, 1.165) is 22.6 Å². The third-order valence-corrected chi connectivity index (χ3v) is 6.12. The molecule has 0 aliphatic heterocycles. The number of carbonyl (C=O) groups excluding carboxylic acids is 1. The number of esters is 1.